The van der Waals surface area contributed by atoms with Gasteiger partial charge in [0, 0.05) is 0 Å². The summed E-state index contributed by atoms with van der Waals surface area (Å²) >= 11 is 0. The maximum Gasteiger partial charge on any atom is 0.0983 e. The smallest absolute Gasteiger partial charge is 0.0983 e. The number of rotatable bonds is 3. The monoisotopic (exact) mass is 235 g/mol. The standard InChI is InChI=1S/C14H25N3/c1-10-9-11(14(2,3)4)7-8-12(10)13(16-15)17(5)6/h7-9,13,16H,15H2,1-6H3. The van der Waals surface area contributed by atoms with E-state index in [0.29, 0.717) is 0 Å². The first-order chi connectivity index (χ1) is 7.77. The first kappa shape index (κ1) is 14.2. The van der Waals surface area contributed by atoms with Crippen molar-refractivity contribution < 1.29 is 0 Å². The minimum atomic E-state index is 0.0593. The molecule has 1 unspecified atom stereocenters. The highest BCUT2D eigenvalue weighted by Gasteiger charge is 2.18. The van der Waals surface area contributed by atoms with Crippen molar-refractivity contribution in [3.63, 3.8) is 0 Å². The Bertz CT molecular complexity index is 378. The SMILES string of the molecule is Cc1cc(C(C)(C)C)ccc1C(NN)N(C)C. The highest BCUT2D eigenvalue weighted by Crippen LogP contribution is 2.27. The van der Waals surface area contributed by atoms with Gasteiger partial charge in [-0.3, -0.25) is 10.7 Å². The van der Waals surface area contributed by atoms with Crippen LogP contribution in [0.4, 0.5) is 0 Å². The Morgan fingerprint density at radius 2 is 1.82 bits per heavy atom. The van der Waals surface area contributed by atoms with E-state index in [1.54, 1.807) is 0 Å². The van der Waals surface area contributed by atoms with Gasteiger partial charge in [0.25, 0.3) is 0 Å². The van der Waals surface area contributed by atoms with Gasteiger partial charge in [-0.05, 0) is 43.1 Å². The molecule has 0 aromatic heterocycles. The fourth-order valence-electron chi connectivity index (χ4n) is 1.97. The van der Waals surface area contributed by atoms with Gasteiger partial charge in [-0.2, -0.15) is 0 Å². The summed E-state index contributed by atoms with van der Waals surface area (Å²) in [6.45, 7) is 8.82. The van der Waals surface area contributed by atoms with Crippen LogP contribution in [0.2, 0.25) is 0 Å². The Hall–Kier alpha value is -0.900. The van der Waals surface area contributed by atoms with Crippen molar-refractivity contribution in [1.29, 1.82) is 0 Å². The number of hydrazine groups is 1. The third-order valence-corrected chi connectivity index (χ3v) is 3.10. The molecule has 96 valence electrons. The molecule has 0 saturated heterocycles. The molecule has 1 rings (SSSR count). The van der Waals surface area contributed by atoms with E-state index in [2.05, 4.69) is 56.2 Å². The molecule has 0 amide bonds. The van der Waals surface area contributed by atoms with Crippen LogP contribution in [0.5, 0.6) is 0 Å². The minimum Gasteiger partial charge on any atom is -0.289 e. The van der Waals surface area contributed by atoms with E-state index < -0.39 is 0 Å². The molecule has 3 nitrogen and oxygen atoms in total. The number of aryl methyl sites for hydroxylation is 1. The van der Waals surface area contributed by atoms with Crippen LogP contribution >= 0.6 is 0 Å². The van der Waals surface area contributed by atoms with Crippen LogP contribution in [0.25, 0.3) is 0 Å². The lowest BCUT2D eigenvalue weighted by Gasteiger charge is -2.27. The van der Waals surface area contributed by atoms with Crippen LogP contribution in [0.1, 0.15) is 43.6 Å². The van der Waals surface area contributed by atoms with Crippen molar-refractivity contribution in [1.82, 2.24) is 10.3 Å². The zero-order valence-electron chi connectivity index (χ0n) is 11.8. The Balaban J connectivity index is 3.13. The highest BCUT2D eigenvalue weighted by molar-refractivity contribution is 5.36. The molecule has 0 spiro atoms. The van der Waals surface area contributed by atoms with Gasteiger partial charge >= 0.3 is 0 Å². The van der Waals surface area contributed by atoms with E-state index >= 15 is 0 Å². The molecule has 1 aromatic carbocycles. The number of benzene rings is 1. The molecule has 0 aliphatic rings. The lowest BCUT2D eigenvalue weighted by atomic mass is 9.85. The zero-order valence-corrected chi connectivity index (χ0v) is 11.8. The van der Waals surface area contributed by atoms with E-state index in [1.165, 1.54) is 16.7 Å². The van der Waals surface area contributed by atoms with Crippen LogP contribution in [-0.2, 0) is 5.41 Å². The van der Waals surface area contributed by atoms with E-state index in [0.717, 1.165) is 0 Å². The molecular weight excluding hydrogens is 210 g/mol. The fourth-order valence-corrected chi connectivity index (χ4v) is 1.97. The highest BCUT2D eigenvalue weighted by atomic mass is 15.4. The lowest BCUT2D eigenvalue weighted by Crippen LogP contribution is -2.38. The summed E-state index contributed by atoms with van der Waals surface area (Å²) in [5.74, 6) is 5.61. The van der Waals surface area contributed by atoms with Crippen LogP contribution in [0, 0.1) is 6.92 Å². The van der Waals surface area contributed by atoms with E-state index in [4.69, 9.17) is 5.84 Å². The molecule has 17 heavy (non-hydrogen) atoms. The van der Waals surface area contributed by atoms with Gasteiger partial charge in [0.15, 0.2) is 0 Å². The zero-order chi connectivity index (χ0) is 13.2. The number of nitrogens with one attached hydrogen (secondary N) is 1. The maximum absolute atomic E-state index is 5.61. The van der Waals surface area contributed by atoms with Crippen molar-refractivity contribution in [2.45, 2.75) is 39.3 Å². The van der Waals surface area contributed by atoms with Crippen molar-refractivity contribution in [3.05, 3.63) is 34.9 Å². The number of nitrogens with zero attached hydrogens (tertiary/aromatic N) is 1. The fraction of sp³-hybridized carbons (Fsp3) is 0.571. The lowest BCUT2D eigenvalue weighted by molar-refractivity contribution is 0.252. The van der Waals surface area contributed by atoms with Crippen molar-refractivity contribution >= 4 is 0 Å². The summed E-state index contributed by atoms with van der Waals surface area (Å²) in [5, 5.41) is 0. The number of nitrogens with two attached hydrogens (primary N) is 1. The first-order valence-corrected chi connectivity index (χ1v) is 6.01. The van der Waals surface area contributed by atoms with E-state index in [9.17, 15) is 0 Å². The molecule has 1 aromatic rings. The van der Waals surface area contributed by atoms with Gasteiger partial charge < -0.3 is 0 Å². The quantitative estimate of drug-likeness (QED) is 0.480. The van der Waals surface area contributed by atoms with Crippen LogP contribution in [0.15, 0.2) is 18.2 Å². The van der Waals surface area contributed by atoms with E-state index in [1.807, 2.05) is 14.1 Å². The average Bonchev–Trinajstić information content (AvgIpc) is 2.19. The predicted molar refractivity (Wildman–Crippen MR) is 73.6 cm³/mol. The van der Waals surface area contributed by atoms with Gasteiger partial charge in [0.1, 0.15) is 0 Å². The maximum atomic E-state index is 5.61. The normalized spacial score (nSPS) is 14.1. The van der Waals surface area contributed by atoms with Crippen LogP contribution in [0.3, 0.4) is 0 Å². The van der Waals surface area contributed by atoms with Gasteiger partial charge in [0.2, 0.25) is 0 Å². The minimum absolute atomic E-state index is 0.0593. The molecular formula is C14H25N3. The number of hydrogen-bond donors (Lipinski definition) is 2. The molecule has 0 heterocycles. The van der Waals surface area contributed by atoms with E-state index in [-0.39, 0.29) is 11.6 Å². The van der Waals surface area contributed by atoms with Crippen molar-refractivity contribution in [3.8, 4) is 0 Å². The Morgan fingerprint density at radius 3 is 2.18 bits per heavy atom. The molecule has 1 atom stereocenters. The summed E-state index contributed by atoms with van der Waals surface area (Å²) < 4.78 is 0. The first-order valence-electron chi connectivity index (χ1n) is 6.01. The predicted octanol–water partition coefficient (Wildman–Crippen LogP) is 2.32. The summed E-state index contributed by atoms with van der Waals surface area (Å²) in [4.78, 5) is 2.07. The summed E-state index contributed by atoms with van der Waals surface area (Å²) in [7, 11) is 4.03. The molecule has 3 N–H and O–H groups in total. The van der Waals surface area contributed by atoms with Gasteiger partial charge in [-0.1, -0.05) is 39.0 Å². The summed E-state index contributed by atoms with van der Waals surface area (Å²) in [6, 6.07) is 6.61. The van der Waals surface area contributed by atoms with Gasteiger partial charge in [-0.25, -0.2) is 5.43 Å². The second-order valence-electron chi connectivity index (χ2n) is 5.85. The van der Waals surface area contributed by atoms with Gasteiger partial charge in [0.05, 0.1) is 6.17 Å². The molecule has 0 bridgehead atoms. The second kappa shape index (κ2) is 5.17. The Morgan fingerprint density at radius 1 is 1.24 bits per heavy atom. The molecule has 3 heteroatoms. The van der Waals surface area contributed by atoms with Gasteiger partial charge in [-0.15, -0.1) is 0 Å². The summed E-state index contributed by atoms with van der Waals surface area (Å²) in [5.41, 5.74) is 6.88. The van der Waals surface area contributed by atoms with Crippen molar-refractivity contribution in [2.24, 2.45) is 5.84 Å². The van der Waals surface area contributed by atoms with Crippen molar-refractivity contribution in [2.75, 3.05) is 14.1 Å². The average molecular weight is 235 g/mol. The topological polar surface area (TPSA) is 41.3 Å². The third kappa shape index (κ3) is 3.28. The number of hydrogen-bond acceptors (Lipinski definition) is 3. The molecule has 0 radical (unpaired) electrons. The third-order valence-electron chi connectivity index (χ3n) is 3.10. The summed E-state index contributed by atoms with van der Waals surface area (Å²) in [6.07, 6.45) is 0.0593. The molecule has 0 fully saturated rings. The Labute approximate surface area is 105 Å². The molecule has 0 saturated carbocycles. The molecule has 0 aliphatic heterocycles. The Kier molecular flexibility index (Phi) is 4.31. The second-order valence-corrected chi connectivity index (χ2v) is 5.85. The van der Waals surface area contributed by atoms with Crippen LogP contribution < -0.4 is 11.3 Å². The largest absolute Gasteiger partial charge is 0.289 e. The van der Waals surface area contributed by atoms with Crippen LogP contribution in [-0.4, -0.2) is 19.0 Å². The molecule has 0 aliphatic carbocycles.